The van der Waals surface area contributed by atoms with Crippen molar-refractivity contribution >= 4 is 0 Å². The van der Waals surface area contributed by atoms with Gasteiger partial charge in [-0.05, 0) is 25.7 Å². The summed E-state index contributed by atoms with van der Waals surface area (Å²) in [6.45, 7) is 4.37. The van der Waals surface area contributed by atoms with Crippen LogP contribution in [0.25, 0.3) is 0 Å². The van der Waals surface area contributed by atoms with Gasteiger partial charge in [0.1, 0.15) is 0 Å². The molecule has 0 aliphatic rings. The van der Waals surface area contributed by atoms with E-state index in [0.29, 0.717) is 0 Å². The van der Waals surface area contributed by atoms with E-state index in [-0.39, 0.29) is 12.2 Å². The zero-order valence-electron chi connectivity index (χ0n) is 13.2. The molecule has 0 heterocycles. The highest BCUT2D eigenvalue weighted by atomic mass is 16.3. The Labute approximate surface area is 120 Å². The van der Waals surface area contributed by atoms with Crippen LogP contribution in [0.3, 0.4) is 0 Å². The minimum Gasteiger partial charge on any atom is -0.393 e. The lowest BCUT2D eigenvalue weighted by atomic mass is 10.0. The zero-order chi connectivity index (χ0) is 14.3. The van der Waals surface area contributed by atoms with Crippen LogP contribution in [-0.4, -0.2) is 22.4 Å². The summed E-state index contributed by atoms with van der Waals surface area (Å²) >= 11 is 0. The summed E-state index contributed by atoms with van der Waals surface area (Å²) in [6.07, 6.45) is 14.3. The van der Waals surface area contributed by atoms with Gasteiger partial charge in [0.25, 0.3) is 0 Å². The molecular formula is C17H36O2. The Morgan fingerprint density at radius 3 is 1.32 bits per heavy atom. The summed E-state index contributed by atoms with van der Waals surface area (Å²) in [4.78, 5) is 0. The first kappa shape index (κ1) is 18.9. The molecule has 0 spiro atoms. The number of unbranched alkanes of at least 4 members (excludes halogenated alkanes) is 6. The molecule has 0 aromatic rings. The zero-order valence-corrected chi connectivity index (χ0v) is 13.2. The number of aliphatic hydroxyl groups excluding tert-OH is 2. The van der Waals surface area contributed by atoms with Crippen LogP contribution in [0, 0.1) is 0 Å². The van der Waals surface area contributed by atoms with Crippen LogP contribution in [0.15, 0.2) is 0 Å². The van der Waals surface area contributed by atoms with Gasteiger partial charge >= 0.3 is 0 Å². The molecule has 2 heteroatoms. The van der Waals surface area contributed by atoms with Crippen molar-refractivity contribution in [2.24, 2.45) is 0 Å². The average molecular weight is 272 g/mol. The molecule has 0 radical (unpaired) electrons. The fraction of sp³-hybridized carbons (Fsp3) is 1.00. The van der Waals surface area contributed by atoms with Crippen molar-refractivity contribution in [3.8, 4) is 0 Å². The Morgan fingerprint density at radius 1 is 0.526 bits per heavy atom. The van der Waals surface area contributed by atoms with E-state index in [1.54, 1.807) is 0 Å². The van der Waals surface area contributed by atoms with Crippen molar-refractivity contribution in [3.05, 3.63) is 0 Å². The third-order valence-electron chi connectivity index (χ3n) is 3.86. The van der Waals surface area contributed by atoms with Crippen molar-refractivity contribution in [2.45, 2.75) is 110 Å². The normalized spacial score (nSPS) is 14.5. The van der Waals surface area contributed by atoms with Crippen LogP contribution >= 0.6 is 0 Å². The number of hydrogen-bond donors (Lipinski definition) is 2. The molecule has 2 unspecified atom stereocenters. The minimum atomic E-state index is -0.0982. The lowest BCUT2D eigenvalue weighted by Crippen LogP contribution is -2.07. The average Bonchev–Trinajstić information content (AvgIpc) is 2.41. The Balaban J connectivity index is 3.24. The van der Waals surface area contributed by atoms with Crippen LogP contribution < -0.4 is 0 Å². The van der Waals surface area contributed by atoms with Crippen LogP contribution in [0.2, 0.25) is 0 Å². The van der Waals surface area contributed by atoms with Gasteiger partial charge in [0.2, 0.25) is 0 Å². The first-order valence-corrected chi connectivity index (χ1v) is 8.56. The molecule has 0 rings (SSSR count). The van der Waals surface area contributed by atoms with Crippen molar-refractivity contribution in [2.75, 3.05) is 0 Å². The van der Waals surface area contributed by atoms with Crippen molar-refractivity contribution in [3.63, 3.8) is 0 Å². The van der Waals surface area contributed by atoms with Crippen LogP contribution in [0.5, 0.6) is 0 Å². The van der Waals surface area contributed by atoms with E-state index < -0.39 is 0 Å². The summed E-state index contributed by atoms with van der Waals surface area (Å²) in [5.41, 5.74) is 0. The molecule has 2 nitrogen and oxygen atoms in total. The molecule has 0 fully saturated rings. The first-order valence-electron chi connectivity index (χ1n) is 8.56. The van der Waals surface area contributed by atoms with Gasteiger partial charge < -0.3 is 10.2 Å². The van der Waals surface area contributed by atoms with Crippen molar-refractivity contribution in [1.29, 1.82) is 0 Å². The molecule has 0 aliphatic carbocycles. The Hall–Kier alpha value is -0.0800. The Kier molecular flexibility index (Phi) is 14.3. The summed E-state index contributed by atoms with van der Waals surface area (Å²) in [5, 5.41) is 19.5. The second kappa shape index (κ2) is 14.3. The Morgan fingerprint density at radius 2 is 0.895 bits per heavy atom. The van der Waals surface area contributed by atoms with E-state index in [2.05, 4.69) is 13.8 Å². The maximum Gasteiger partial charge on any atom is 0.0540 e. The highest BCUT2D eigenvalue weighted by molar-refractivity contribution is 4.59. The second-order valence-electron chi connectivity index (χ2n) is 5.94. The van der Waals surface area contributed by atoms with Gasteiger partial charge in [0.05, 0.1) is 12.2 Å². The lowest BCUT2D eigenvalue weighted by molar-refractivity contribution is 0.139. The van der Waals surface area contributed by atoms with E-state index in [1.165, 1.54) is 32.1 Å². The Bertz CT molecular complexity index is 171. The summed E-state index contributed by atoms with van der Waals surface area (Å²) in [5.74, 6) is 0. The quantitative estimate of drug-likeness (QED) is 0.445. The molecule has 0 aromatic heterocycles. The fourth-order valence-corrected chi connectivity index (χ4v) is 2.47. The van der Waals surface area contributed by atoms with Crippen LogP contribution in [-0.2, 0) is 0 Å². The molecule has 0 aliphatic heterocycles. The number of hydrogen-bond acceptors (Lipinski definition) is 2. The first-order chi connectivity index (χ1) is 9.20. The van der Waals surface area contributed by atoms with Crippen LogP contribution in [0.1, 0.15) is 97.3 Å². The second-order valence-corrected chi connectivity index (χ2v) is 5.94. The minimum absolute atomic E-state index is 0.0955. The molecular weight excluding hydrogens is 236 g/mol. The van der Waals surface area contributed by atoms with E-state index >= 15 is 0 Å². The predicted molar refractivity (Wildman–Crippen MR) is 83.4 cm³/mol. The third kappa shape index (κ3) is 14.1. The topological polar surface area (TPSA) is 40.5 Å². The molecule has 0 bridgehead atoms. The van der Waals surface area contributed by atoms with E-state index in [4.69, 9.17) is 0 Å². The summed E-state index contributed by atoms with van der Waals surface area (Å²) in [6, 6.07) is 0. The number of aliphatic hydroxyl groups is 2. The molecule has 0 saturated carbocycles. The van der Waals surface area contributed by atoms with Gasteiger partial charge in [-0.25, -0.2) is 0 Å². The van der Waals surface area contributed by atoms with Crippen LogP contribution in [0.4, 0.5) is 0 Å². The highest BCUT2D eigenvalue weighted by Gasteiger charge is 2.05. The molecule has 0 saturated heterocycles. The monoisotopic (exact) mass is 272 g/mol. The molecule has 0 amide bonds. The standard InChI is InChI=1S/C17H36O2/c1-3-5-7-9-13-17(19)15-11-8-10-14-16(18)12-6-4-2/h16-19H,3-15H2,1-2H3. The predicted octanol–water partition coefficient (Wildman–Crippen LogP) is 4.82. The van der Waals surface area contributed by atoms with Gasteiger partial charge in [-0.15, -0.1) is 0 Å². The van der Waals surface area contributed by atoms with E-state index in [1.807, 2.05) is 0 Å². The van der Waals surface area contributed by atoms with Gasteiger partial charge in [0, 0.05) is 0 Å². The smallest absolute Gasteiger partial charge is 0.0540 e. The maximum absolute atomic E-state index is 9.82. The highest BCUT2D eigenvalue weighted by Crippen LogP contribution is 2.14. The van der Waals surface area contributed by atoms with Crippen molar-refractivity contribution < 1.29 is 10.2 Å². The van der Waals surface area contributed by atoms with Gasteiger partial charge in [-0.3, -0.25) is 0 Å². The largest absolute Gasteiger partial charge is 0.393 e. The third-order valence-corrected chi connectivity index (χ3v) is 3.86. The molecule has 19 heavy (non-hydrogen) atoms. The van der Waals surface area contributed by atoms with E-state index in [9.17, 15) is 10.2 Å². The molecule has 0 aromatic carbocycles. The maximum atomic E-state index is 9.82. The van der Waals surface area contributed by atoms with Gasteiger partial charge in [-0.1, -0.05) is 71.6 Å². The van der Waals surface area contributed by atoms with E-state index in [0.717, 1.165) is 51.4 Å². The summed E-state index contributed by atoms with van der Waals surface area (Å²) in [7, 11) is 0. The summed E-state index contributed by atoms with van der Waals surface area (Å²) < 4.78 is 0. The van der Waals surface area contributed by atoms with Gasteiger partial charge in [0.15, 0.2) is 0 Å². The molecule has 2 atom stereocenters. The van der Waals surface area contributed by atoms with Gasteiger partial charge in [-0.2, -0.15) is 0 Å². The number of rotatable bonds is 14. The lowest BCUT2D eigenvalue weighted by Gasteiger charge is -2.11. The SMILES string of the molecule is CCCCCCC(O)CCCCCC(O)CCCC. The molecule has 2 N–H and O–H groups in total. The van der Waals surface area contributed by atoms with Crippen molar-refractivity contribution in [1.82, 2.24) is 0 Å². The molecule has 116 valence electrons. The fourth-order valence-electron chi connectivity index (χ4n) is 2.47.